The van der Waals surface area contributed by atoms with Crippen molar-refractivity contribution in [3.8, 4) is 0 Å². The monoisotopic (exact) mass is 208 g/mol. The number of nitrogens with one attached hydrogen (secondary N) is 1. The van der Waals surface area contributed by atoms with Gasteiger partial charge >= 0.3 is 0 Å². The summed E-state index contributed by atoms with van der Waals surface area (Å²) in [6.07, 6.45) is 5.05. The quantitative estimate of drug-likeness (QED) is 0.775. The maximum absolute atomic E-state index is 12.0. The van der Waals surface area contributed by atoms with E-state index < -0.39 is 0 Å². The summed E-state index contributed by atoms with van der Waals surface area (Å²) >= 11 is 0. The van der Waals surface area contributed by atoms with Crippen LogP contribution in [-0.2, 0) is 0 Å². The minimum Gasteiger partial charge on any atom is -0.395 e. The summed E-state index contributed by atoms with van der Waals surface area (Å²) in [6.45, 7) is 0.464. The van der Waals surface area contributed by atoms with Crippen molar-refractivity contribution in [3.05, 3.63) is 24.0 Å². The first-order valence-electron chi connectivity index (χ1n) is 5.38. The lowest BCUT2D eigenvalue weighted by Crippen LogP contribution is -2.45. The second-order valence-corrected chi connectivity index (χ2v) is 3.89. The third kappa shape index (κ3) is 2.04. The SMILES string of the molecule is O=C(c1ccc[nH]1)N(CCO)C1CCC1. The minimum atomic E-state index is -0.00116. The molecule has 0 bridgehead atoms. The fraction of sp³-hybridized carbons (Fsp3) is 0.545. The highest BCUT2D eigenvalue weighted by molar-refractivity contribution is 5.92. The number of hydrogen-bond donors (Lipinski definition) is 2. The predicted octanol–water partition coefficient (Wildman–Crippen LogP) is 1.00. The van der Waals surface area contributed by atoms with Gasteiger partial charge < -0.3 is 15.0 Å². The summed E-state index contributed by atoms with van der Waals surface area (Å²) in [5, 5.41) is 8.95. The normalized spacial score (nSPS) is 16.1. The number of H-pyrrole nitrogens is 1. The van der Waals surface area contributed by atoms with Crippen molar-refractivity contribution >= 4 is 5.91 Å². The molecule has 82 valence electrons. The second-order valence-electron chi connectivity index (χ2n) is 3.89. The molecule has 0 aromatic carbocycles. The van der Waals surface area contributed by atoms with E-state index in [0.717, 1.165) is 12.8 Å². The summed E-state index contributed by atoms with van der Waals surface area (Å²) in [4.78, 5) is 16.7. The molecule has 4 heteroatoms. The number of amides is 1. The zero-order valence-electron chi connectivity index (χ0n) is 8.65. The average molecular weight is 208 g/mol. The van der Waals surface area contributed by atoms with E-state index in [1.807, 2.05) is 6.07 Å². The fourth-order valence-corrected chi connectivity index (χ4v) is 1.87. The number of hydrogen-bond acceptors (Lipinski definition) is 2. The lowest BCUT2D eigenvalue weighted by molar-refractivity contribution is 0.0520. The number of rotatable bonds is 4. The minimum absolute atomic E-state index is 0.00116. The van der Waals surface area contributed by atoms with Gasteiger partial charge in [0.1, 0.15) is 5.69 Å². The van der Waals surface area contributed by atoms with Crippen molar-refractivity contribution < 1.29 is 9.90 Å². The number of aromatic amines is 1. The Hall–Kier alpha value is -1.29. The van der Waals surface area contributed by atoms with Crippen LogP contribution >= 0.6 is 0 Å². The number of carbonyl (C=O) groups is 1. The molecule has 0 radical (unpaired) electrons. The Morgan fingerprint density at radius 2 is 2.40 bits per heavy atom. The van der Waals surface area contributed by atoms with Gasteiger partial charge in [0.25, 0.3) is 5.91 Å². The van der Waals surface area contributed by atoms with Crippen molar-refractivity contribution in [1.29, 1.82) is 0 Å². The van der Waals surface area contributed by atoms with E-state index in [-0.39, 0.29) is 12.5 Å². The van der Waals surface area contributed by atoms with E-state index in [4.69, 9.17) is 5.11 Å². The Morgan fingerprint density at radius 3 is 2.87 bits per heavy atom. The first kappa shape index (κ1) is 10.2. The molecule has 0 spiro atoms. The molecule has 1 fully saturated rings. The smallest absolute Gasteiger partial charge is 0.270 e. The topological polar surface area (TPSA) is 56.3 Å². The molecule has 2 rings (SSSR count). The third-order valence-electron chi connectivity index (χ3n) is 2.95. The predicted molar refractivity (Wildman–Crippen MR) is 56.6 cm³/mol. The first-order chi connectivity index (χ1) is 7.33. The second kappa shape index (κ2) is 4.49. The Bertz CT molecular complexity index is 317. The number of aromatic nitrogens is 1. The molecular weight excluding hydrogens is 192 g/mol. The van der Waals surface area contributed by atoms with Crippen LogP contribution in [0.1, 0.15) is 29.8 Å². The Morgan fingerprint density at radius 1 is 1.60 bits per heavy atom. The maximum Gasteiger partial charge on any atom is 0.270 e. The van der Waals surface area contributed by atoms with Crippen LogP contribution in [0, 0.1) is 0 Å². The molecular formula is C11H16N2O2. The molecule has 0 atom stereocenters. The van der Waals surface area contributed by atoms with Crippen molar-refractivity contribution in [1.82, 2.24) is 9.88 Å². The summed E-state index contributed by atoms with van der Waals surface area (Å²) in [6, 6.07) is 3.91. The van der Waals surface area contributed by atoms with Gasteiger partial charge in [0, 0.05) is 18.8 Å². The van der Waals surface area contributed by atoms with Crippen LogP contribution in [0.4, 0.5) is 0 Å². The van der Waals surface area contributed by atoms with Gasteiger partial charge in [0.05, 0.1) is 6.61 Å². The number of aliphatic hydroxyl groups excluding tert-OH is 1. The van der Waals surface area contributed by atoms with Crippen molar-refractivity contribution in [2.45, 2.75) is 25.3 Å². The molecule has 1 aliphatic rings. The third-order valence-corrected chi connectivity index (χ3v) is 2.95. The zero-order valence-corrected chi connectivity index (χ0v) is 8.65. The molecule has 1 aliphatic carbocycles. The van der Waals surface area contributed by atoms with E-state index >= 15 is 0 Å². The van der Waals surface area contributed by atoms with Crippen LogP contribution in [0.15, 0.2) is 18.3 Å². The van der Waals surface area contributed by atoms with Crippen molar-refractivity contribution in [2.75, 3.05) is 13.2 Å². The highest BCUT2D eigenvalue weighted by Gasteiger charge is 2.29. The van der Waals surface area contributed by atoms with Gasteiger partial charge in [-0.15, -0.1) is 0 Å². The highest BCUT2D eigenvalue weighted by Crippen LogP contribution is 2.25. The molecule has 4 nitrogen and oxygen atoms in total. The van der Waals surface area contributed by atoms with E-state index in [1.165, 1.54) is 6.42 Å². The molecule has 1 amide bonds. The number of carbonyl (C=O) groups excluding carboxylic acids is 1. The molecule has 1 saturated carbocycles. The van der Waals surface area contributed by atoms with Gasteiger partial charge in [-0.05, 0) is 31.4 Å². The zero-order chi connectivity index (χ0) is 10.7. The summed E-state index contributed by atoms with van der Waals surface area (Å²) in [5.74, 6) is -0.00116. The average Bonchev–Trinajstić information content (AvgIpc) is 2.66. The van der Waals surface area contributed by atoms with Crippen molar-refractivity contribution in [3.63, 3.8) is 0 Å². The molecule has 1 heterocycles. The molecule has 1 aromatic rings. The summed E-state index contributed by atoms with van der Waals surface area (Å²) < 4.78 is 0. The van der Waals surface area contributed by atoms with Gasteiger partial charge in [-0.2, -0.15) is 0 Å². The van der Waals surface area contributed by atoms with Gasteiger partial charge in [0.15, 0.2) is 0 Å². The van der Waals surface area contributed by atoms with E-state index in [1.54, 1.807) is 17.2 Å². The Labute approximate surface area is 88.9 Å². The van der Waals surface area contributed by atoms with Crippen LogP contribution in [0.2, 0.25) is 0 Å². The Balaban J connectivity index is 2.06. The van der Waals surface area contributed by atoms with E-state index in [9.17, 15) is 4.79 Å². The summed E-state index contributed by atoms with van der Waals surface area (Å²) in [5.41, 5.74) is 0.607. The van der Waals surface area contributed by atoms with Gasteiger partial charge in [-0.3, -0.25) is 4.79 Å². The largest absolute Gasteiger partial charge is 0.395 e. The number of aliphatic hydroxyl groups is 1. The lowest BCUT2D eigenvalue weighted by Gasteiger charge is -2.37. The van der Waals surface area contributed by atoms with Gasteiger partial charge in [-0.1, -0.05) is 0 Å². The fourth-order valence-electron chi connectivity index (χ4n) is 1.87. The molecule has 0 unspecified atom stereocenters. The van der Waals surface area contributed by atoms with E-state index in [0.29, 0.717) is 18.3 Å². The molecule has 0 saturated heterocycles. The van der Waals surface area contributed by atoms with Crippen molar-refractivity contribution in [2.24, 2.45) is 0 Å². The highest BCUT2D eigenvalue weighted by atomic mass is 16.3. The Kier molecular flexibility index (Phi) is 3.06. The van der Waals surface area contributed by atoms with Crippen LogP contribution in [-0.4, -0.2) is 40.1 Å². The van der Waals surface area contributed by atoms with Gasteiger partial charge in [0.2, 0.25) is 0 Å². The molecule has 0 aliphatic heterocycles. The van der Waals surface area contributed by atoms with Crippen LogP contribution < -0.4 is 0 Å². The van der Waals surface area contributed by atoms with Gasteiger partial charge in [-0.25, -0.2) is 0 Å². The molecule has 2 N–H and O–H groups in total. The standard InChI is InChI=1S/C11H16N2O2/c14-8-7-13(9-3-1-4-9)11(15)10-5-2-6-12-10/h2,5-6,9,12,14H,1,3-4,7-8H2. The maximum atomic E-state index is 12.0. The van der Waals surface area contributed by atoms with Crippen LogP contribution in [0.25, 0.3) is 0 Å². The first-order valence-corrected chi connectivity index (χ1v) is 5.38. The number of nitrogens with zero attached hydrogens (tertiary/aromatic N) is 1. The molecule has 15 heavy (non-hydrogen) atoms. The lowest BCUT2D eigenvalue weighted by atomic mass is 9.91. The van der Waals surface area contributed by atoms with Crippen LogP contribution in [0.3, 0.4) is 0 Å². The molecule has 1 aromatic heterocycles. The summed E-state index contributed by atoms with van der Waals surface area (Å²) in [7, 11) is 0. The van der Waals surface area contributed by atoms with Crippen LogP contribution in [0.5, 0.6) is 0 Å². The van der Waals surface area contributed by atoms with E-state index in [2.05, 4.69) is 4.98 Å².